The number of benzene rings is 2. The third-order valence-electron chi connectivity index (χ3n) is 5.61. The molecule has 0 unspecified atom stereocenters. The Hall–Kier alpha value is -1.87. The first-order valence-electron chi connectivity index (χ1n) is 11.0. The number of hydrogen-bond donors (Lipinski definition) is 0. The maximum absolute atomic E-state index is 6.10. The van der Waals surface area contributed by atoms with Crippen LogP contribution in [0.3, 0.4) is 0 Å². The average Bonchev–Trinajstić information content (AvgIpc) is 2.83. The van der Waals surface area contributed by atoms with Crippen LogP contribution in [0.5, 0.6) is 0 Å². The van der Waals surface area contributed by atoms with E-state index in [1.807, 2.05) is 0 Å². The van der Waals surface area contributed by atoms with Crippen molar-refractivity contribution < 1.29 is 0 Å². The van der Waals surface area contributed by atoms with Gasteiger partial charge in [-0.15, -0.1) is 0 Å². The Balaban J connectivity index is 1.94. The van der Waals surface area contributed by atoms with Crippen LogP contribution in [-0.4, -0.2) is 18.2 Å². The van der Waals surface area contributed by atoms with Gasteiger partial charge in [0.2, 0.25) is 0 Å². The minimum atomic E-state index is 0.963. The summed E-state index contributed by atoms with van der Waals surface area (Å²) in [5.74, 6) is 0. The van der Waals surface area contributed by atoms with E-state index >= 15 is 0 Å². The highest BCUT2D eigenvalue weighted by molar-refractivity contribution is 7.80. The van der Waals surface area contributed by atoms with Crippen LogP contribution >= 0.6 is 12.2 Å². The zero-order valence-electron chi connectivity index (χ0n) is 17.5. The van der Waals surface area contributed by atoms with Gasteiger partial charge < -0.3 is 9.80 Å². The van der Waals surface area contributed by atoms with E-state index in [2.05, 4.69) is 72.2 Å². The van der Waals surface area contributed by atoms with Crippen molar-refractivity contribution in [2.24, 2.45) is 0 Å². The third-order valence-corrected chi connectivity index (χ3v) is 6.05. The Morgan fingerprint density at radius 3 is 1.46 bits per heavy atom. The normalized spacial score (nSPS) is 13.3. The molecule has 1 aliphatic rings. The summed E-state index contributed by atoms with van der Waals surface area (Å²) in [5, 5.41) is 0.963. The Bertz CT molecular complexity index is 707. The predicted octanol–water partition coefficient (Wildman–Crippen LogP) is 7.43. The van der Waals surface area contributed by atoms with E-state index in [1.165, 1.54) is 73.9 Å². The molecule has 0 fully saturated rings. The topological polar surface area (TPSA) is 6.48 Å². The van der Waals surface area contributed by atoms with Gasteiger partial charge in [0.05, 0.1) is 11.4 Å². The first-order valence-corrected chi connectivity index (χ1v) is 11.5. The number of thiocarbonyl (C=S) groups is 1. The zero-order valence-corrected chi connectivity index (χ0v) is 18.3. The van der Waals surface area contributed by atoms with Crippen LogP contribution in [0.25, 0.3) is 11.1 Å². The number of nitrogens with zero attached hydrogens (tertiary/aromatic N) is 2. The molecule has 0 saturated heterocycles. The number of fused-ring (bicyclic) bond motifs is 3. The Morgan fingerprint density at radius 2 is 1.04 bits per heavy atom. The summed E-state index contributed by atoms with van der Waals surface area (Å²) in [4.78, 5) is 4.78. The smallest absolute Gasteiger partial charge is 0.180 e. The summed E-state index contributed by atoms with van der Waals surface area (Å²) < 4.78 is 0. The standard InChI is InChI=1S/C25H34N2S/c1-3-5-7-13-19-26-23-17-11-9-15-21(23)22-16-10-12-18-24(22)27(25(26)28)20-14-8-6-4-2/h9-12,15-18H,3-8,13-14,19-20H2,1-2H3. The number of para-hydroxylation sites is 2. The Labute approximate surface area is 176 Å². The lowest BCUT2D eigenvalue weighted by atomic mass is 10.0. The highest BCUT2D eigenvalue weighted by atomic mass is 32.1. The first-order chi connectivity index (χ1) is 13.8. The van der Waals surface area contributed by atoms with E-state index in [1.54, 1.807) is 0 Å². The summed E-state index contributed by atoms with van der Waals surface area (Å²) in [6.07, 6.45) is 10.0. The maximum atomic E-state index is 6.10. The molecule has 3 rings (SSSR count). The van der Waals surface area contributed by atoms with E-state index < -0.39 is 0 Å². The van der Waals surface area contributed by atoms with Gasteiger partial charge >= 0.3 is 0 Å². The minimum Gasteiger partial charge on any atom is -0.318 e. The van der Waals surface area contributed by atoms with Crippen molar-refractivity contribution >= 4 is 28.7 Å². The molecule has 150 valence electrons. The molecule has 28 heavy (non-hydrogen) atoms. The van der Waals surface area contributed by atoms with Gasteiger partial charge in [-0.05, 0) is 37.2 Å². The molecule has 0 spiro atoms. The first kappa shape index (κ1) is 20.9. The molecule has 2 nitrogen and oxygen atoms in total. The SMILES string of the molecule is CCCCCCN1C(=S)N(CCCCCC)c2ccccc2-c2ccccc21. The molecule has 0 aliphatic carbocycles. The van der Waals surface area contributed by atoms with E-state index in [4.69, 9.17) is 12.2 Å². The molecule has 0 atom stereocenters. The highest BCUT2D eigenvalue weighted by Gasteiger charge is 2.28. The fourth-order valence-electron chi connectivity index (χ4n) is 4.05. The van der Waals surface area contributed by atoms with Gasteiger partial charge in [-0.25, -0.2) is 0 Å². The molecule has 0 aromatic heterocycles. The number of rotatable bonds is 10. The Kier molecular flexibility index (Phi) is 7.90. The van der Waals surface area contributed by atoms with E-state index in [-0.39, 0.29) is 0 Å². The second-order valence-electron chi connectivity index (χ2n) is 7.74. The van der Waals surface area contributed by atoms with Gasteiger partial charge in [0, 0.05) is 24.2 Å². The largest absolute Gasteiger partial charge is 0.318 e. The predicted molar refractivity (Wildman–Crippen MR) is 127 cm³/mol. The van der Waals surface area contributed by atoms with Gasteiger partial charge in [0.25, 0.3) is 0 Å². The van der Waals surface area contributed by atoms with Crippen molar-refractivity contribution in [2.75, 3.05) is 22.9 Å². The van der Waals surface area contributed by atoms with Crippen molar-refractivity contribution in [2.45, 2.75) is 65.2 Å². The van der Waals surface area contributed by atoms with Crippen LogP contribution in [0.2, 0.25) is 0 Å². The number of hydrogen-bond acceptors (Lipinski definition) is 1. The van der Waals surface area contributed by atoms with Crippen molar-refractivity contribution in [3.05, 3.63) is 48.5 Å². The molecule has 0 saturated carbocycles. The van der Waals surface area contributed by atoms with Crippen LogP contribution in [0.4, 0.5) is 11.4 Å². The maximum Gasteiger partial charge on any atom is 0.180 e. The molecule has 0 amide bonds. The second-order valence-corrected chi connectivity index (χ2v) is 8.11. The Morgan fingerprint density at radius 1 is 0.607 bits per heavy atom. The number of unbranched alkanes of at least 4 members (excludes halogenated alkanes) is 6. The van der Waals surface area contributed by atoms with E-state index in [9.17, 15) is 0 Å². The lowest BCUT2D eigenvalue weighted by Crippen LogP contribution is -2.43. The van der Waals surface area contributed by atoms with Crippen molar-refractivity contribution in [3.63, 3.8) is 0 Å². The van der Waals surface area contributed by atoms with Gasteiger partial charge in [-0.2, -0.15) is 0 Å². The van der Waals surface area contributed by atoms with Crippen molar-refractivity contribution in [1.29, 1.82) is 0 Å². The van der Waals surface area contributed by atoms with Gasteiger partial charge in [-0.3, -0.25) is 0 Å². The zero-order chi connectivity index (χ0) is 19.8. The summed E-state index contributed by atoms with van der Waals surface area (Å²) in [6.45, 7) is 6.52. The van der Waals surface area contributed by atoms with Crippen molar-refractivity contribution in [3.8, 4) is 11.1 Å². The van der Waals surface area contributed by atoms with Crippen LogP contribution in [0.15, 0.2) is 48.5 Å². The third kappa shape index (κ3) is 4.75. The monoisotopic (exact) mass is 394 g/mol. The lowest BCUT2D eigenvalue weighted by molar-refractivity contribution is 0.663. The molecule has 3 heteroatoms. The summed E-state index contributed by atoms with van der Waals surface area (Å²) >= 11 is 6.10. The van der Waals surface area contributed by atoms with Gasteiger partial charge in [0.1, 0.15) is 0 Å². The molecule has 2 aromatic rings. The van der Waals surface area contributed by atoms with Crippen LogP contribution < -0.4 is 9.80 Å². The molecule has 0 N–H and O–H groups in total. The molecule has 2 aromatic carbocycles. The summed E-state index contributed by atoms with van der Waals surface area (Å²) in [6, 6.07) is 17.5. The van der Waals surface area contributed by atoms with Crippen LogP contribution in [-0.2, 0) is 0 Å². The molecular formula is C25H34N2S. The van der Waals surface area contributed by atoms with Gasteiger partial charge in [0.15, 0.2) is 5.11 Å². The van der Waals surface area contributed by atoms with E-state index in [0.717, 1.165) is 18.2 Å². The summed E-state index contributed by atoms with van der Waals surface area (Å²) in [5.41, 5.74) is 5.11. The summed E-state index contributed by atoms with van der Waals surface area (Å²) in [7, 11) is 0. The lowest BCUT2D eigenvalue weighted by Gasteiger charge is -2.32. The van der Waals surface area contributed by atoms with Gasteiger partial charge in [-0.1, -0.05) is 88.8 Å². The quantitative estimate of drug-likeness (QED) is 0.306. The number of anilines is 2. The minimum absolute atomic E-state index is 0.963. The van der Waals surface area contributed by atoms with E-state index in [0.29, 0.717) is 0 Å². The molecule has 0 bridgehead atoms. The average molecular weight is 395 g/mol. The second kappa shape index (κ2) is 10.6. The highest BCUT2D eigenvalue weighted by Crippen LogP contribution is 2.41. The van der Waals surface area contributed by atoms with Crippen molar-refractivity contribution in [1.82, 2.24) is 0 Å². The molecule has 0 radical (unpaired) electrons. The molecular weight excluding hydrogens is 360 g/mol. The fourth-order valence-corrected chi connectivity index (χ4v) is 4.43. The molecule has 1 aliphatic heterocycles. The van der Waals surface area contributed by atoms with Crippen LogP contribution in [0, 0.1) is 0 Å². The molecule has 1 heterocycles. The van der Waals surface area contributed by atoms with Crippen LogP contribution in [0.1, 0.15) is 65.2 Å². The fraction of sp³-hybridized carbons (Fsp3) is 0.480.